The zero-order valence-corrected chi connectivity index (χ0v) is 11.3. The van der Waals surface area contributed by atoms with Gasteiger partial charge in [0.1, 0.15) is 0 Å². The van der Waals surface area contributed by atoms with Crippen molar-refractivity contribution in [1.82, 2.24) is 0 Å². The Morgan fingerprint density at radius 3 is 2.60 bits per heavy atom. The van der Waals surface area contributed by atoms with E-state index >= 15 is 0 Å². The van der Waals surface area contributed by atoms with E-state index in [1.54, 1.807) is 6.92 Å². The number of rotatable bonds is 8. The predicted octanol–water partition coefficient (Wildman–Crippen LogP) is 2.18. The minimum Gasteiger partial charge on any atom is -0.478 e. The molecule has 1 rings (SSSR count). The molecule has 20 heavy (non-hydrogen) atoms. The lowest BCUT2D eigenvalue weighted by atomic mass is 10.1. The molecule has 7 nitrogen and oxygen atoms in total. The quantitative estimate of drug-likeness (QED) is 0.382. The van der Waals surface area contributed by atoms with Gasteiger partial charge in [-0.15, -0.1) is 0 Å². The second-order valence-corrected chi connectivity index (χ2v) is 4.44. The van der Waals surface area contributed by atoms with Crippen molar-refractivity contribution < 1.29 is 19.9 Å². The zero-order valence-electron chi connectivity index (χ0n) is 11.3. The van der Waals surface area contributed by atoms with E-state index in [2.05, 4.69) is 5.32 Å². The van der Waals surface area contributed by atoms with Gasteiger partial charge in [-0.3, -0.25) is 10.1 Å². The molecule has 0 amide bonds. The number of nitro groups is 1. The molecule has 0 spiro atoms. The van der Waals surface area contributed by atoms with Crippen molar-refractivity contribution in [1.29, 1.82) is 0 Å². The summed E-state index contributed by atoms with van der Waals surface area (Å²) in [5, 5.41) is 31.6. The maximum atomic E-state index is 11.0. The Hall–Kier alpha value is -2.15. The van der Waals surface area contributed by atoms with Gasteiger partial charge in [-0.25, -0.2) is 4.79 Å². The Kier molecular flexibility index (Phi) is 5.92. The monoisotopic (exact) mass is 282 g/mol. The van der Waals surface area contributed by atoms with Crippen LogP contribution in [0.3, 0.4) is 0 Å². The van der Waals surface area contributed by atoms with E-state index in [4.69, 9.17) is 10.2 Å². The first-order chi connectivity index (χ1) is 9.47. The Labute approximate surface area is 116 Å². The van der Waals surface area contributed by atoms with Crippen LogP contribution in [0.4, 0.5) is 11.4 Å². The van der Waals surface area contributed by atoms with Crippen LogP contribution in [0.5, 0.6) is 0 Å². The van der Waals surface area contributed by atoms with Crippen LogP contribution in [0.15, 0.2) is 12.1 Å². The molecule has 0 unspecified atom stereocenters. The number of aliphatic hydroxyl groups excluding tert-OH is 1. The molecule has 0 aromatic heterocycles. The number of hydrogen-bond donors (Lipinski definition) is 3. The summed E-state index contributed by atoms with van der Waals surface area (Å²) in [4.78, 5) is 21.3. The molecule has 7 heteroatoms. The number of unbranched alkanes of at least 4 members (excludes halogenated alkanes) is 2. The molecule has 0 atom stereocenters. The van der Waals surface area contributed by atoms with Crippen molar-refractivity contribution in [3.05, 3.63) is 33.4 Å². The van der Waals surface area contributed by atoms with E-state index in [1.165, 1.54) is 6.07 Å². The third kappa shape index (κ3) is 4.20. The van der Waals surface area contributed by atoms with E-state index < -0.39 is 10.9 Å². The number of carboxylic acids is 1. The highest BCUT2D eigenvalue weighted by Gasteiger charge is 2.18. The van der Waals surface area contributed by atoms with Gasteiger partial charge in [-0.2, -0.15) is 0 Å². The molecular formula is C13H18N2O5. The molecular weight excluding hydrogens is 264 g/mol. The predicted molar refractivity (Wildman–Crippen MR) is 74.2 cm³/mol. The fourth-order valence-corrected chi connectivity index (χ4v) is 1.83. The molecule has 110 valence electrons. The second kappa shape index (κ2) is 7.44. The normalized spacial score (nSPS) is 10.3. The number of hydrogen-bond acceptors (Lipinski definition) is 5. The van der Waals surface area contributed by atoms with Crippen molar-refractivity contribution >= 4 is 17.3 Å². The van der Waals surface area contributed by atoms with Crippen molar-refractivity contribution in [2.45, 2.75) is 26.2 Å². The molecule has 1 aromatic rings. The number of benzene rings is 1. The fourth-order valence-electron chi connectivity index (χ4n) is 1.83. The first-order valence-corrected chi connectivity index (χ1v) is 6.34. The summed E-state index contributed by atoms with van der Waals surface area (Å²) >= 11 is 0. The van der Waals surface area contributed by atoms with E-state index in [1.807, 2.05) is 0 Å². The van der Waals surface area contributed by atoms with Crippen LogP contribution in [0.25, 0.3) is 0 Å². The maximum Gasteiger partial charge on any atom is 0.336 e. The lowest BCUT2D eigenvalue weighted by Gasteiger charge is -2.11. The highest BCUT2D eigenvalue weighted by Crippen LogP contribution is 2.27. The van der Waals surface area contributed by atoms with Gasteiger partial charge < -0.3 is 15.5 Å². The second-order valence-electron chi connectivity index (χ2n) is 4.44. The van der Waals surface area contributed by atoms with Gasteiger partial charge in [-0.1, -0.05) is 0 Å². The number of nitro benzene ring substituents is 1. The molecule has 0 radical (unpaired) electrons. The van der Waals surface area contributed by atoms with Crippen LogP contribution in [0.1, 0.15) is 35.2 Å². The number of carbonyl (C=O) groups is 1. The summed E-state index contributed by atoms with van der Waals surface area (Å²) in [7, 11) is 0. The highest BCUT2D eigenvalue weighted by atomic mass is 16.6. The van der Waals surface area contributed by atoms with Gasteiger partial charge in [0.15, 0.2) is 0 Å². The number of carboxylic acid groups (broad SMARTS) is 1. The van der Waals surface area contributed by atoms with E-state index in [0.29, 0.717) is 24.2 Å². The van der Waals surface area contributed by atoms with Crippen molar-refractivity contribution in [2.24, 2.45) is 0 Å². The third-order valence-electron chi connectivity index (χ3n) is 2.97. The van der Waals surface area contributed by atoms with Gasteiger partial charge in [0, 0.05) is 30.5 Å². The topological polar surface area (TPSA) is 113 Å². The molecule has 0 saturated heterocycles. The van der Waals surface area contributed by atoms with Crippen LogP contribution in [0, 0.1) is 17.0 Å². The first-order valence-electron chi connectivity index (χ1n) is 6.34. The summed E-state index contributed by atoms with van der Waals surface area (Å²) in [6.45, 7) is 2.29. The molecule has 1 aromatic carbocycles. The molecule has 0 aliphatic heterocycles. The fraction of sp³-hybridized carbons (Fsp3) is 0.462. The minimum absolute atomic E-state index is 0.111. The Bertz CT molecular complexity index is 502. The van der Waals surface area contributed by atoms with E-state index in [-0.39, 0.29) is 17.9 Å². The number of aromatic carboxylic acids is 1. The largest absolute Gasteiger partial charge is 0.478 e. The van der Waals surface area contributed by atoms with Gasteiger partial charge in [-0.05, 0) is 32.3 Å². The summed E-state index contributed by atoms with van der Waals surface area (Å²) in [5.74, 6) is -1.20. The smallest absolute Gasteiger partial charge is 0.336 e. The first kappa shape index (κ1) is 15.9. The van der Waals surface area contributed by atoms with Crippen LogP contribution in [-0.2, 0) is 0 Å². The van der Waals surface area contributed by atoms with Gasteiger partial charge in [0.25, 0.3) is 5.69 Å². The summed E-state index contributed by atoms with van der Waals surface area (Å²) in [6.07, 6.45) is 2.34. The molecule has 0 heterocycles. The van der Waals surface area contributed by atoms with Crippen LogP contribution in [0.2, 0.25) is 0 Å². The average Bonchev–Trinajstić information content (AvgIpc) is 2.39. The molecule has 3 N–H and O–H groups in total. The minimum atomic E-state index is -1.20. The van der Waals surface area contributed by atoms with Crippen LogP contribution >= 0.6 is 0 Å². The summed E-state index contributed by atoms with van der Waals surface area (Å²) in [5.41, 5.74) is 0.561. The van der Waals surface area contributed by atoms with Crippen LogP contribution < -0.4 is 5.32 Å². The number of nitrogens with zero attached hydrogens (tertiary/aromatic N) is 1. The van der Waals surface area contributed by atoms with Gasteiger partial charge in [0.05, 0.1) is 10.5 Å². The summed E-state index contributed by atoms with van der Waals surface area (Å²) in [6, 6.07) is 2.46. The van der Waals surface area contributed by atoms with Gasteiger partial charge in [0.2, 0.25) is 0 Å². The van der Waals surface area contributed by atoms with Crippen molar-refractivity contribution in [3.8, 4) is 0 Å². The standard InChI is InChI=1S/C13H18N2O5/c1-9-11(14-5-3-2-4-6-16)7-10(13(17)18)8-12(9)15(19)20/h7-8,14,16H,2-6H2,1H3,(H,17,18). The Morgan fingerprint density at radius 2 is 2.05 bits per heavy atom. The molecule has 0 aliphatic carbocycles. The van der Waals surface area contributed by atoms with Crippen molar-refractivity contribution in [2.75, 3.05) is 18.5 Å². The summed E-state index contributed by atoms with van der Waals surface area (Å²) < 4.78 is 0. The SMILES string of the molecule is Cc1c(NCCCCCO)cc(C(=O)O)cc1[N+](=O)[O-]. The maximum absolute atomic E-state index is 11.0. The van der Waals surface area contributed by atoms with Crippen molar-refractivity contribution in [3.63, 3.8) is 0 Å². The lowest BCUT2D eigenvalue weighted by molar-refractivity contribution is -0.385. The molecule has 0 bridgehead atoms. The zero-order chi connectivity index (χ0) is 15.1. The lowest BCUT2D eigenvalue weighted by Crippen LogP contribution is -2.07. The molecule has 0 fully saturated rings. The highest BCUT2D eigenvalue weighted by molar-refractivity contribution is 5.90. The average molecular weight is 282 g/mol. The number of aliphatic hydroxyl groups is 1. The third-order valence-corrected chi connectivity index (χ3v) is 2.97. The molecule has 0 aliphatic rings. The Balaban J connectivity index is 2.88. The number of nitrogens with one attached hydrogen (secondary N) is 1. The van der Waals surface area contributed by atoms with E-state index in [9.17, 15) is 14.9 Å². The molecule has 0 saturated carbocycles. The van der Waals surface area contributed by atoms with Gasteiger partial charge >= 0.3 is 5.97 Å². The Morgan fingerprint density at radius 1 is 1.35 bits per heavy atom. The van der Waals surface area contributed by atoms with Crippen LogP contribution in [-0.4, -0.2) is 34.3 Å². The van der Waals surface area contributed by atoms with E-state index in [0.717, 1.165) is 18.9 Å². The number of anilines is 1.